The lowest BCUT2D eigenvalue weighted by molar-refractivity contribution is -0.121. The van der Waals surface area contributed by atoms with Crippen LogP contribution in [0.5, 0.6) is 5.75 Å². The lowest BCUT2D eigenvalue weighted by Gasteiger charge is -2.16. The third-order valence-electron chi connectivity index (χ3n) is 4.85. The normalized spacial score (nSPS) is 12.1. The van der Waals surface area contributed by atoms with Crippen LogP contribution in [-0.4, -0.2) is 22.1 Å². The lowest BCUT2D eigenvalue weighted by atomic mass is 10.2. The van der Waals surface area contributed by atoms with Gasteiger partial charge in [0, 0.05) is 18.0 Å². The van der Waals surface area contributed by atoms with Crippen molar-refractivity contribution in [2.75, 3.05) is 6.61 Å². The van der Waals surface area contributed by atoms with E-state index in [1.54, 1.807) is 0 Å². The van der Waals surface area contributed by atoms with Crippen molar-refractivity contribution < 1.29 is 9.53 Å². The molecule has 0 aliphatic carbocycles. The quantitative estimate of drug-likeness (QED) is 0.475. The molecule has 0 fully saturated rings. The molecule has 1 unspecified atom stereocenters. The van der Waals surface area contributed by atoms with Crippen molar-refractivity contribution in [1.29, 1.82) is 0 Å². The molecule has 29 heavy (non-hydrogen) atoms. The number of fused-ring (bicyclic) bond motifs is 1. The van der Waals surface area contributed by atoms with Crippen LogP contribution in [0.15, 0.2) is 42.5 Å². The number of nitrogens with one attached hydrogen (secondary N) is 1. The first-order valence-corrected chi connectivity index (χ1v) is 10.5. The van der Waals surface area contributed by atoms with E-state index < -0.39 is 0 Å². The van der Waals surface area contributed by atoms with Crippen molar-refractivity contribution in [1.82, 2.24) is 14.9 Å². The van der Waals surface area contributed by atoms with Gasteiger partial charge in [0.05, 0.1) is 23.7 Å². The summed E-state index contributed by atoms with van der Waals surface area (Å²) in [4.78, 5) is 16.8. The van der Waals surface area contributed by atoms with E-state index in [1.807, 2.05) is 57.2 Å². The van der Waals surface area contributed by atoms with Gasteiger partial charge in [0.2, 0.25) is 5.91 Å². The van der Waals surface area contributed by atoms with Crippen LogP contribution < -0.4 is 10.1 Å². The average Bonchev–Trinajstić information content (AvgIpc) is 3.07. The highest BCUT2D eigenvalue weighted by molar-refractivity contribution is 6.31. The van der Waals surface area contributed by atoms with Crippen molar-refractivity contribution in [3.05, 3.63) is 58.9 Å². The fourth-order valence-electron chi connectivity index (χ4n) is 3.38. The molecule has 1 heterocycles. The van der Waals surface area contributed by atoms with Crippen molar-refractivity contribution in [3.63, 3.8) is 0 Å². The Bertz CT molecular complexity index is 983. The van der Waals surface area contributed by atoms with Gasteiger partial charge in [-0.25, -0.2) is 4.98 Å². The fourth-order valence-corrected chi connectivity index (χ4v) is 3.50. The Morgan fingerprint density at radius 1 is 1.28 bits per heavy atom. The van der Waals surface area contributed by atoms with Crippen LogP contribution in [0, 0.1) is 6.92 Å². The van der Waals surface area contributed by atoms with E-state index in [2.05, 4.69) is 16.0 Å². The molecule has 0 saturated carbocycles. The molecular formula is C23H28ClN3O2. The third kappa shape index (κ3) is 5.30. The van der Waals surface area contributed by atoms with E-state index in [9.17, 15) is 4.79 Å². The Morgan fingerprint density at radius 3 is 2.83 bits per heavy atom. The zero-order valence-corrected chi connectivity index (χ0v) is 18.0. The largest absolute Gasteiger partial charge is 0.494 e. The number of halogens is 1. The van der Waals surface area contributed by atoms with E-state index >= 15 is 0 Å². The summed E-state index contributed by atoms with van der Waals surface area (Å²) in [5.41, 5.74) is 3.01. The third-order valence-corrected chi connectivity index (χ3v) is 5.27. The molecule has 0 saturated heterocycles. The first-order chi connectivity index (χ1) is 14.0. The number of carbonyl (C=O) groups is 1. The van der Waals surface area contributed by atoms with Gasteiger partial charge >= 0.3 is 0 Å². The molecule has 154 valence electrons. The minimum Gasteiger partial charge on any atom is -0.494 e. The predicted molar refractivity (Wildman–Crippen MR) is 117 cm³/mol. The first-order valence-electron chi connectivity index (χ1n) is 10.1. The summed E-state index contributed by atoms with van der Waals surface area (Å²) in [5, 5.41) is 3.80. The van der Waals surface area contributed by atoms with Gasteiger partial charge in [-0.2, -0.15) is 0 Å². The standard InChI is InChI=1S/C23H28ClN3O2/c1-4-8-22(28)25-17(3)23-26-20-9-5-6-10-21(20)27(23)13-7-14-29-18-11-12-19(24)16(2)15-18/h5-6,9-12,15,17H,4,7-8,13-14H2,1-3H3,(H,25,28). The number of nitrogens with zero attached hydrogens (tertiary/aromatic N) is 2. The molecule has 0 aliphatic rings. The molecule has 6 heteroatoms. The number of rotatable bonds is 9. The van der Waals surface area contributed by atoms with E-state index in [0.29, 0.717) is 13.0 Å². The van der Waals surface area contributed by atoms with E-state index in [-0.39, 0.29) is 11.9 Å². The van der Waals surface area contributed by atoms with Gasteiger partial charge in [0.25, 0.3) is 0 Å². The van der Waals surface area contributed by atoms with Crippen LogP contribution in [0.25, 0.3) is 11.0 Å². The number of aryl methyl sites for hydroxylation is 2. The molecule has 3 aromatic rings. The summed E-state index contributed by atoms with van der Waals surface area (Å²) in [5.74, 6) is 1.75. The number of hydrogen-bond donors (Lipinski definition) is 1. The summed E-state index contributed by atoms with van der Waals surface area (Å²) in [6.07, 6.45) is 2.18. The van der Waals surface area contributed by atoms with Gasteiger partial charge in [0.1, 0.15) is 11.6 Å². The van der Waals surface area contributed by atoms with Gasteiger partial charge < -0.3 is 14.6 Å². The maximum Gasteiger partial charge on any atom is 0.220 e. The Morgan fingerprint density at radius 2 is 2.07 bits per heavy atom. The Labute approximate surface area is 177 Å². The summed E-state index contributed by atoms with van der Waals surface area (Å²) in [6, 6.07) is 13.6. The minimum atomic E-state index is -0.152. The molecular weight excluding hydrogens is 386 g/mol. The topological polar surface area (TPSA) is 56.2 Å². The number of hydrogen-bond acceptors (Lipinski definition) is 3. The molecule has 1 amide bonds. The molecule has 0 spiro atoms. The fraction of sp³-hybridized carbons (Fsp3) is 0.391. The van der Waals surface area contributed by atoms with Crippen molar-refractivity contribution in [2.24, 2.45) is 0 Å². The highest BCUT2D eigenvalue weighted by Gasteiger charge is 2.18. The Hall–Kier alpha value is -2.53. The Kier molecular flexibility index (Phi) is 7.15. The van der Waals surface area contributed by atoms with Gasteiger partial charge in [-0.05, 0) is 62.6 Å². The molecule has 1 atom stereocenters. The number of amides is 1. The van der Waals surface area contributed by atoms with Crippen molar-refractivity contribution in [3.8, 4) is 5.75 Å². The van der Waals surface area contributed by atoms with Crippen LogP contribution in [-0.2, 0) is 11.3 Å². The van der Waals surface area contributed by atoms with Crippen LogP contribution in [0.1, 0.15) is 50.5 Å². The number of carbonyl (C=O) groups excluding carboxylic acids is 1. The Balaban J connectivity index is 1.70. The van der Waals surface area contributed by atoms with Gasteiger partial charge in [0.15, 0.2) is 0 Å². The van der Waals surface area contributed by atoms with Gasteiger partial charge in [-0.1, -0.05) is 30.7 Å². The summed E-state index contributed by atoms with van der Waals surface area (Å²) in [6.45, 7) is 7.30. The molecule has 5 nitrogen and oxygen atoms in total. The second-order valence-corrected chi connectivity index (χ2v) is 7.67. The molecule has 0 aliphatic heterocycles. The van der Waals surface area contributed by atoms with Crippen LogP contribution in [0.3, 0.4) is 0 Å². The summed E-state index contributed by atoms with van der Waals surface area (Å²) in [7, 11) is 0. The molecule has 2 aromatic carbocycles. The van der Waals surface area contributed by atoms with Gasteiger partial charge in [-0.15, -0.1) is 0 Å². The molecule has 0 bridgehead atoms. The molecule has 1 N–H and O–H groups in total. The second-order valence-electron chi connectivity index (χ2n) is 7.26. The van der Waals surface area contributed by atoms with Crippen molar-refractivity contribution in [2.45, 2.75) is 52.6 Å². The minimum absolute atomic E-state index is 0.0556. The summed E-state index contributed by atoms with van der Waals surface area (Å²) < 4.78 is 8.07. The molecule has 3 rings (SSSR count). The zero-order valence-electron chi connectivity index (χ0n) is 17.2. The SMILES string of the molecule is CCCC(=O)NC(C)c1nc2ccccc2n1CCCOc1ccc(Cl)c(C)c1. The first kappa shape index (κ1) is 21.2. The smallest absolute Gasteiger partial charge is 0.220 e. The zero-order chi connectivity index (χ0) is 20.8. The number of para-hydroxylation sites is 2. The maximum atomic E-state index is 12.0. The lowest BCUT2D eigenvalue weighted by Crippen LogP contribution is -2.28. The van der Waals surface area contributed by atoms with Gasteiger partial charge in [-0.3, -0.25) is 4.79 Å². The highest BCUT2D eigenvalue weighted by atomic mass is 35.5. The number of aromatic nitrogens is 2. The van der Waals surface area contributed by atoms with Crippen LogP contribution >= 0.6 is 11.6 Å². The predicted octanol–water partition coefficient (Wildman–Crippen LogP) is 5.44. The second kappa shape index (κ2) is 9.79. The summed E-state index contributed by atoms with van der Waals surface area (Å²) >= 11 is 6.07. The van der Waals surface area contributed by atoms with Crippen LogP contribution in [0.4, 0.5) is 0 Å². The highest BCUT2D eigenvalue weighted by Crippen LogP contribution is 2.23. The van der Waals surface area contributed by atoms with Crippen LogP contribution in [0.2, 0.25) is 5.02 Å². The average molecular weight is 414 g/mol. The monoisotopic (exact) mass is 413 g/mol. The van der Waals surface area contributed by atoms with Crippen molar-refractivity contribution >= 4 is 28.5 Å². The van der Waals surface area contributed by atoms with E-state index in [0.717, 1.165) is 52.6 Å². The van der Waals surface area contributed by atoms with E-state index in [4.69, 9.17) is 21.3 Å². The number of imidazole rings is 1. The molecule has 1 aromatic heterocycles. The maximum absolute atomic E-state index is 12.0. The molecule has 0 radical (unpaired) electrons. The number of benzene rings is 2. The van der Waals surface area contributed by atoms with E-state index in [1.165, 1.54) is 0 Å². The number of ether oxygens (including phenoxy) is 1.